The molecule has 0 aliphatic carbocycles. The molecule has 2 aliphatic rings. The van der Waals surface area contributed by atoms with E-state index in [0.29, 0.717) is 13.0 Å². The molecule has 3 rings (SSSR count). The van der Waals surface area contributed by atoms with Crippen LogP contribution in [0.3, 0.4) is 0 Å². The first-order valence-electron chi connectivity index (χ1n) is 11.3. The normalized spacial score (nSPS) is 28.2. The van der Waals surface area contributed by atoms with E-state index in [-0.39, 0.29) is 40.2 Å². The summed E-state index contributed by atoms with van der Waals surface area (Å²) in [5, 5.41) is 4.19. The van der Waals surface area contributed by atoms with E-state index in [1.54, 1.807) is 4.68 Å². The molecule has 0 spiro atoms. The topological polar surface area (TPSA) is 111 Å². The van der Waals surface area contributed by atoms with Crippen LogP contribution in [0.15, 0.2) is 6.33 Å². The number of fused-ring (bicyclic) bond motifs is 1. The van der Waals surface area contributed by atoms with E-state index < -0.39 is 29.3 Å². The summed E-state index contributed by atoms with van der Waals surface area (Å²) < 4.78 is 28.8. The van der Waals surface area contributed by atoms with Crippen molar-refractivity contribution in [2.24, 2.45) is 5.73 Å². The van der Waals surface area contributed by atoms with Crippen molar-refractivity contribution in [2.75, 3.05) is 6.61 Å². The molecule has 0 radical (unpaired) electrons. The summed E-state index contributed by atoms with van der Waals surface area (Å²) in [6, 6.07) is 0. The van der Waals surface area contributed by atoms with Crippen LogP contribution in [0.1, 0.15) is 78.7 Å². The SMILES string of the molecule is CC(C)[Si]1(C(C)C)OC[C@@H]2O[C@H](n3cnc(C(N)=O)n3)C[C@H]2O[Si](C(C)C)(C(C)C)O1. The molecule has 0 aromatic carbocycles. The summed E-state index contributed by atoms with van der Waals surface area (Å²) in [4.78, 5) is 15.4. The van der Waals surface area contributed by atoms with Crippen molar-refractivity contribution in [2.45, 2.75) is 102 Å². The molecule has 0 unspecified atom stereocenters. The molecule has 176 valence electrons. The molecule has 11 heteroatoms. The maximum atomic E-state index is 11.4. The van der Waals surface area contributed by atoms with E-state index in [1.165, 1.54) is 6.33 Å². The van der Waals surface area contributed by atoms with Crippen LogP contribution < -0.4 is 5.73 Å². The lowest BCUT2D eigenvalue weighted by Gasteiger charge is -2.51. The monoisotopic (exact) mass is 470 g/mol. The van der Waals surface area contributed by atoms with E-state index in [9.17, 15) is 4.79 Å². The fourth-order valence-electron chi connectivity index (χ4n) is 4.82. The Morgan fingerprint density at radius 3 is 2.10 bits per heavy atom. The zero-order valence-corrected chi connectivity index (χ0v) is 22.0. The molecular formula is C20H38N4O5Si2. The summed E-state index contributed by atoms with van der Waals surface area (Å²) >= 11 is 0. The standard InChI is InChI=1S/C20H38N4O5Si2/c1-12(2)30(13(3)4)26-10-17-16(28-31(29-30,14(5)6)15(7)8)9-18(27-17)24-11-22-20(23-24)19(21)25/h11-18H,9-10H2,1-8H3,(H2,21,25)/t16-,17+,18+/m1/s1. The first kappa shape index (κ1) is 24.5. The highest BCUT2D eigenvalue weighted by atomic mass is 28.5. The molecule has 2 saturated heterocycles. The highest BCUT2D eigenvalue weighted by molar-refractivity contribution is 6.83. The largest absolute Gasteiger partial charge is 0.414 e. The molecule has 0 saturated carbocycles. The van der Waals surface area contributed by atoms with Crippen molar-refractivity contribution in [3.63, 3.8) is 0 Å². The average Bonchev–Trinajstić information content (AvgIpc) is 3.28. The Hall–Kier alpha value is -1.12. The van der Waals surface area contributed by atoms with Crippen LogP contribution >= 0.6 is 0 Å². The Labute approximate surface area is 187 Å². The van der Waals surface area contributed by atoms with E-state index in [2.05, 4.69) is 65.5 Å². The quantitative estimate of drug-likeness (QED) is 0.632. The minimum Gasteiger partial charge on any atom is -0.414 e. The first-order valence-corrected chi connectivity index (χ1v) is 15.3. The summed E-state index contributed by atoms with van der Waals surface area (Å²) in [5.74, 6) is -0.682. The molecule has 0 bridgehead atoms. The average molecular weight is 471 g/mol. The molecule has 3 heterocycles. The molecule has 3 atom stereocenters. The van der Waals surface area contributed by atoms with E-state index in [0.717, 1.165) is 0 Å². The molecular weight excluding hydrogens is 432 g/mol. The third-order valence-electron chi connectivity index (χ3n) is 6.55. The number of hydrogen-bond donors (Lipinski definition) is 1. The highest BCUT2D eigenvalue weighted by Crippen LogP contribution is 2.48. The molecule has 2 N–H and O–H groups in total. The fourth-order valence-corrected chi connectivity index (χ4v) is 16.0. The van der Waals surface area contributed by atoms with Gasteiger partial charge in [0.05, 0.1) is 12.7 Å². The Morgan fingerprint density at radius 1 is 1.03 bits per heavy atom. The lowest BCUT2D eigenvalue weighted by Crippen LogP contribution is -2.65. The number of ether oxygens (including phenoxy) is 1. The van der Waals surface area contributed by atoms with Gasteiger partial charge in [0.15, 0.2) is 6.23 Å². The zero-order valence-electron chi connectivity index (χ0n) is 20.0. The summed E-state index contributed by atoms with van der Waals surface area (Å²) in [6.07, 6.45) is 1.28. The van der Waals surface area contributed by atoms with Crippen LogP contribution in [-0.4, -0.2) is 56.6 Å². The second-order valence-electron chi connectivity index (χ2n) is 9.91. The Kier molecular flexibility index (Phi) is 7.14. The zero-order chi connectivity index (χ0) is 23.1. The Balaban J connectivity index is 1.97. The van der Waals surface area contributed by atoms with Crippen molar-refractivity contribution < 1.29 is 22.5 Å². The second kappa shape index (κ2) is 9.02. The number of aromatic nitrogens is 3. The number of nitrogens with zero attached hydrogens (tertiary/aromatic N) is 3. The van der Waals surface area contributed by atoms with Crippen molar-refractivity contribution >= 4 is 23.0 Å². The molecule has 31 heavy (non-hydrogen) atoms. The van der Waals surface area contributed by atoms with Gasteiger partial charge in [0, 0.05) is 6.42 Å². The van der Waals surface area contributed by atoms with Crippen molar-refractivity contribution in [1.29, 1.82) is 0 Å². The maximum absolute atomic E-state index is 11.4. The van der Waals surface area contributed by atoms with Gasteiger partial charge in [-0.3, -0.25) is 4.79 Å². The molecule has 1 aromatic rings. The Morgan fingerprint density at radius 2 is 1.61 bits per heavy atom. The van der Waals surface area contributed by atoms with Gasteiger partial charge in [-0.2, -0.15) is 0 Å². The predicted octanol–water partition coefficient (Wildman–Crippen LogP) is 3.62. The van der Waals surface area contributed by atoms with Crippen LogP contribution in [-0.2, 0) is 17.7 Å². The van der Waals surface area contributed by atoms with Gasteiger partial charge in [-0.25, -0.2) is 9.67 Å². The summed E-state index contributed by atoms with van der Waals surface area (Å²) in [5.41, 5.74) is 6.38. The van der Waals surface area contributed by atoms with Crippen LogP contribution in [0.2, 0.25) is 22.2 Å². The van der Waals surface area contributed by atoms with Gasteiger partial charge >= 0.3 is 17.1 Å². The van der Waals surface area contributed by atoms with Crippen LogP contribution in [0.4, 0.5) is 0 Å². The minimum absolute atomic E-state index is 0.0208. The maximum Gasteiger partial charge on any atom is 0.335 e. The van der Waals surface area contributed by atoms with Crippen LogP contribution in [0.25, 0.3) is 0 Å². The number of carbonyl (C=O) groups excluding carboxylic acids is 1. The smallest absolute Gasteiger partial charge is 0.335 e. The summed E-state index contributed by atoms with van der Waals surface area (Å²) in [7, 11) is -5.26. The molecule has 1 aromatic heterocycles. The third-order valence-corrected chi connectivity index (χ3v) is 16.8. The van der Waals surface area contributed by atoms with E-state index in [1.807, 2.05) is 0 Å². The second-order valence-corrected chi connectivity index (χ2v) is 18.8. The van der Waals surface area contributed by atoms with Gasteiger partial charge < -0.3 is 23.4 Å². The minimum atomic E-state index is -2.67. The van der Waals surface area contributed by atoms with E-state index >= 15 is 0 Å². The number of carbonyl (C=O) groups is 1. The fraction of sp³-hybridized carbons (Fsp3) is 0.850. The van der Waals surface area contributed by atoms with Crippen molar-refractivity contribution in [3.05, 3.63) is 12.2 Å². The third kappa shape index (κ3) is 4.40. The van der Waals surface area contributed by atoms with Gasteiger partial charge in [0.2, 0.25) is 5.82 Å². The lowest BCUT2D eigenvalue weighted by atomic mass is 10.2. The van der Waals surface area contributed by atoms with E-state index in [4.69, 9.17) is 23.4 Å². The van der Waals surface area contributed by atoms with Crippen LogP contribution in [0.5, 0.6) is 0 Å². The number of rotatable bonds is 6. The lowest BCUT2D eigenvalue weighted by molar-refractivity contribution is -0.0587. The summed E-state index contributed by atoms with van der Waals surface area (Å²) in [6.45, 7) is 18.0. The molecule has 2 aliphatic heterocycles. The number of hydrogen-bond acceptors (Lipinski definition) is 7. The molecule has 1 amide bonds. The first-order chi connectivity index (χ1) is 14.4. The van der Waals surface area contributed by atoms with Gasteiger partial charge in [0.1, 0.15) is 12.4 Å². The number of amides is 1. The molecule has 2 fully saturated rings. The van der Waals surface area contributed by atoms with Crippen LogP contribution in [0, 0.1) is 0 Å². The number of nitrogens with two attached hydrogens (primary N) is 1. The van der Waals surface area contributed by atoms with Crippen molar-refractivity contribution in [1.82, 2.24) is 14.8 Å². The van der Waals surface area contributed by atoms with Gasteiger partial charge in [0.25, 0.3) is 5.91 Å². The van der Waals surface area contributed by atoms with Gasteiger partial charge in [-0.15, -0.1) is 5.10 Å². The number of primary amides is 1. The van der Waals surface area contributed by atoms with Gasteiger partial charge in [-0.05, 0) is 22.2 Å². The highest BCUT2D eigenvalue weighted by Gasteiger charge is 2.60. The predicted molar refractivity (Wildman–Crippen MR) is 121 cm³/mol. The van der Waals surface area contributed by atoms with Crippen molar-refractivity contribution in [3.8, 4) is 0 Å². The molecule has 9 nitrogen and oxygen atoms in total. The Bertz CT molecular complexity index is 769. The van der Waals surface area contributed by atoms with Gasteiger partial charge in [-0.1, -0.05) is 55.4 Å².